The van der Waals surface area contributed by atoms with Crippen molar-refractivity contribution in [3.05, 3.63) is 52.8 Å². The predicted octanol–water partition coefficient (Wildman–Crippen LogP) is 3.63. The molecule has 1 aromatic heterocycles. The lowest BCUT2D eigenvalue weighted by Gasteiger charge is -2.34. The first-order valence-corrected chi connectivity index (χ1v) is 7.38. The molecule has 108 valence electrons. The first kappa shape index (κ1) is 13.9. The molecule has 0 fully saturated rings. The minimum Gasteiger partial charge on any atom is -0.324 e. The molecule has 2 aromatic rings. The van der Waals surface area contributed by atoms with Crippen LogP contribution in [0.15, 0.2) is 30.3 Å². The van der Waals surface area contributed by atoms with E-state index in [1.165, 1.54) is 17.0 Å². The van der Waals surface area contributed by atoms with Crippen LogP contribution in [0, 0.1) is 23.7 Å². The molecule has 0 aliphatic heterocycles. The summed E-state index contributed by atoms with van der Waals surface area (Å²) in [6, 6.07) is 12.3. The normalized spacial score (nSPS) is 19.9. The van der Waals surface area contributed by atoms with E-state index in [2.05, 4.69) is 37.5 Å². The molecule has 0 amide bonds. The van der Waals surface area contributed by atoms with Gasteiger partial charge in [0.15, 0.2) is 0 Å². The molecule has 3 rings (SSSR count). The number of aromatic nitrogens is 1. The van der Waals surface area contributed by atoms with E-state index in [1.807, 2.05) is 24.3 Å². The SMILES string of the molecule is Cc1cc2c(n1-c1ccc(C#N)cc1)CC(C)(C)CC2N. The fourth-order valence-electron chi connectivity index (χ4n) is 3.49. The highest BCUT2D eigenvalue weighted by atomic mass is 15.0. The van der Waals surface area contributed by atoms with Crippen molar-refractivity contribution >= 4 is 0 Å². The van der Waals surface area contributed by atoms with Gasteiger partial charge in [0, 0.05) is 23.1 Å². The fourth-order valence-corrected chi connectivity index (χ4v) is 3.49. The molecule has 3 heteroatoms. The van der Waals surface area contributed by atoms with Gasteiger partial charge in [-0.1, -0.05) is 13.8 Å². The summed E-state index contributed by atoms with van der Waals surface area (Å²) in [7, 11) is 0. The molecule has 1 aliphatic carbocycles. The Morgan fingerprint density at radius 1 is 1.29 bits per heavy atom. The number of nitrogens with zero attached hydrogens (tertiary/aromatic N) is 2. The molecular formula is C18H21N3. The Bertz CT molecular complexity index is 714. The summed E-state index contributed by atoms with van der Waals surface area (Å²) in [5.41, 5.74) is 12.2. The second-order valence-electron chi connectivity index (χ2n) is 6.83. The zero-order valence-electron chi connectivity index (χ0n) is 12.9. The van der Waals surface area contributed by atoms with Gasteiger partial charge in [-0.2, -0.15) is 5.26 Å². The maximum absolute atomic E-state index is 8.94. The van der Waals surface area contributed by atoms with Crippen molar-refractivity contribution in [2.75, 3.05) is 0 Å². The first-order valence-electron chi connectivity index (χ1n) is 7.38. The highest BCUT2D eigenvalue weighted by Crippen LogP contribution is 2.41. The van der Waals surface area contributed by atoms with Gasteiger partial charge in [0.1, 0.15) is 0 Å². The molecular weight excluding hydrogens is 258 g/mol. The summed E-state index contributed by atoms with van der Waals surface area (Å²) in [5, 5.41) is 8.94. The van der Waals surface area contributed by atoms with Crippen molar-refractivity contribution in [1.82, 2.24) is 4.57 Å². The second kappa shape index (κ2) is 4.75. The second-order valence-corrected chi connectivity index (χ2v) is 6.83. The third kappa shape index (κ3) is 2.36. The Morgan fingerprint density at radius 2 is 1.95 bits per heavy atom. The molecule has 3 nitrogen and oxygen atoms in total. The maximum atomic E-state index is 8.94. The smallest absolute Gasteiger partial charge is 0.0991 e. The van der Waals surface area contributed by atoms with E-state index >= 15 is 0 Å². The average Bonchev–Trinajstić information content (AvgIpc) is 2.74. The van der Waals surface area contributed by atoms with Gasteiger partial charge >= 0.3 is 0 Å². The van der Waals surface area contributed by atoms with E-state index in [-0.39, 0.29) is 11.5 Å². The van der Waals surface area contributed by atoms with Crippen LogP contribution in [0.5, 0.6) is 0 Å². The molecule has 1 heterocycles. The number of nitriles is 1. The van der Waals surface area contributed by atoms with Crippen molar-refractivity contribution in [1.29, 1.82) is 5.26 Å². The summed E-state index contributed by atoms with van der Waals surface area (Å²) in [6.45, 7) is 6.68. The molecule has 1 unspecified atom stereocenters. The van der Waals surface area contributed by atoms with Crippen molar-refractivity contribution in [2.24, 2.45) is 11.1 Å². The third-order valence-corrected chi connectivity index (χ3v) is 4.39. The minimum atomic E-state index is 0.113. The minimum absolute atomic E-state index is 0.113. The highest BCUT2D eigenvalue weighted by molar-refractivity contribution is 5.46. The Morgan fingerprint density at radius 3 is 2.57 bits per heavy atom. The number of hydrogen-bond acceptors (Lipinski definition) is 2. The van der Waals surface area contributed by atoms with Crippen molar-refractivity contribution < 1.29 is 0 Å². The lowest BCUT2D eigenvalue weighted by Crippen LogP contribution is -2.30. The van der Waals surface area contributed by atoms with Crippen molar-refractivity contribution in [3.8, 4) is 11.8 Å². The largest absolute Gasteiger partial charge is 0.324 e. The fraction of sp³-hybridized carbons (Fsp3) is 0.389. The Labute approximate surface area is 126 Å². The van der Waals surface area contributed by atoms with Crippen LogP contribution in [0.2, 0.25) is 0 Å². The summed E-state index contributed by atoms with van der Waals surface area (Å²) in [6.07, 6.45) is 2.06. The third-order valence-electron chi connectivity index (χ3n) is 4.39. The Balaban J connectivity index is 2.14. The van der Waals surface area contributed by atoms with E-state index in [0.717, 1.165) is 18.5 Å². The number of rotatable bonds is 1. The molecule has 1 aromatic carbocycles. The monoisotopic (exact) mass is 279 g/mol. The summed E-state index contributed by atoms with van der Waals surface area (Å²) >= 11 is 0. The lowest BCUT2D eigenvalue weighted by molar-refractivity contribution is 0.278. The molecule has 0 saturated carbocycles. The van der Waals surface area contributed by atoms with Crippen LogP contribution in [0.3, 0.4) is 0 Å². The van der Waals surface area contributed by atoms with E-state index < -0.39 is 0 Å². The number of fused-ring (bicyclic) bond motifs is 1. The van der Waals surface area contributed by atoms with Gasteiger partial charge in [0.2, 0.25) is 0 Å². The van der Waals surface area contributed by atoms with Gasteiger partial charge in [-0.3, -0.25) is 0 Å². The molecule has 0 spiro atoms. The van der Waals surface area contributed by atoms with Crippen LogP contribution in [-0.4, -0.2) is 4.57 Å². The quantitative estimate of drug-likeness (QED) is 0.866. The van der Waals surface area contributed by atoms with Crippen molar-refractivity contribution in [3.63, 3.8) is 0 Å². The Kier molecular flexibility index (Phi) is 3.15. The first-order chi connectivity index (χ1) is 9.91. The Hall–Kier alpha value is -2.05. The molecule has 0 saturated heterocycles. The number of aryl methyl sites for hydroxylation is 1. The van der Waals surface area contributed by atoms with Gasteiger partial charge in [0.25, 0.3) is 0 Å². The topological polar surface area (TPSA) is 54.7 Å². The van der Waals surface area contributed by atoms with Crippen LogP contribution < -0.4 is 5.73 Å². The van der Waals surface area contributed by atoms with Gasteiger partial charge in [-0.05, 0) is 61.1 Å². The summed E-state index contributed by atoms with van der Waals surface area (Å²) in [4.78, 5) is 0. The molecule has 21 heavy (non-hydrogen) atoms. The van der Waals surface area contributed by atoms with Gasteiger partial charge in [-0.25, -0.2) is 0 Å². The van der Waals surface area contributed by atoms with E-state index in [9.17, 15) is 0 Å². The summed E-state index contributed by atoms with van der Waals surface area (Å²) in [5.74, 6) is 0. The average molecular weight is 279 g/mol. The molecule has 0 radical (unpaired) electrons. The van der Waals surface area contributed by atoms with Crippen LogP contribution in [-0.2, 0) is 6.42 Å². The maximum Gasteiger partial charge on any atom is 0.0991 e. The van der Waals surface area contributed by atoms with Gasteiger partial charge < -0.3 is 10.3 Å². The number of benzene rings is 1. The van der Waals surface area contributed by atoms with Crippen LogP contribution >= 0.6 is 0 Å². The van der Waals surface area contributed by atoms with Crippen LogP contribution in [0.25, 0.3) is 5.69 Å². The molecule has 0 bridgehead atoms. The number of nitrogens with two attached hydrogens (primary N) is 1. The van der Waals surface area contributed by atoms with Crippen molar-refractivity contribution in [2.45, 2.75) is 39.7 Å². The van der Waals surface area contributed by atoms with Crippen LogP contribution in [0.1, 0.15) is 48.8 Å². The van der Waals surface area contributed by atoms with Gasteiger partial charge in [0.05, 0.1) is 11.6 Å². The molecule has 2 N–H and O–H groups in total. The summed E-state index contributed by atoms with van der Waals surface area (Å²) < 4.78 is 2.29. The highest BCUT2D eigenvalue weighted by Gasteiger charge is 2.33. The van der Waals surface area contributed by atoms with E-state index in [4.69, 9.17) is 11.0 Å². The van der Waals surface area contributed by atoms with E-state index in [1.54, 1.807) is 0 Å². The zero-order chi connectivity index (χ0) is 15.2. The number of hydrogen-bond donors (Lipinski definition) is 1. The predicted molar refractivity (Wildman–Crippen MR) is 84.3 cm³/mol. The molecule has 1 atom stereocenters. The molecule has 1 aliphatic rings. The standard InChI is InChI=1S/C18H21N3/c1-12-8-15-16(20)9-18(2,3)10-17(15)21(12)14-6-4-13(11-19)5-7-14/h4-8,16H,9-10,20H2,1-3H3. The van der Waals surface area contributed by atoms with Crippen LogP contribution in [0.4, 0.5) is 0 Å². The van der Waals surface area contributed by atoms with Gasteiger partial charge in [-0.15, -0.1) is 0 Å². The lowest BCUT2D eigenvalue weighted by atomic mass is 9.74. The van der Waals surface area contributed by atoms with E-state index in [0.29, 0.717) is 5.56 Å². The zero-order valence-corrected chi connectivity index (χ0v) is 12.9.